The van der Waals surface area contributed by atoms with Gasteiger partial charge in [-0.1, -0.05) is 30.3 Å². The van der Waals surface area contributed by atoms with E-state index in [1.807, 2.05) is 30.3 Å². The van der Waals surface area contributed by atoms with Gasteiger partial charge >= 0.3 is 15.4 Å². The third-order valence-corrected chi connectivity index (χ3v) is 5.09. The van der Waals surface area contributed by atoms with Gasteiger partial charge in [-0.25, -0.2) is 0 Å². The molecule has 3 nitrogen and oxygen atoms in total. The lowest BCUT2D eigenvalue weighted by Crippen LogP contribution is -2.50. The fraction of sp³-hybridized carbons (Fsp3) is 0.500. The average Bonchev–Trinajstić information content (AvgIpc) is 2.28. The second-order valence-electron chi connectivity index (χ2n) is 4.09. The van der Waals surface area contributed by atoms with Gasteiger partial charge in [-0.2, -0.15) is 8.78 Å². The van der Waals surface area contributed by atoms with Crippen LogP contribution in [0.15, 0.2) is 30.3 Å². The highest BCUT2D eigenvalue weighted by Crippen LogP contribution is 2.20. The first-order valence-electron chi connectivity index (χ1n) is 5.70. The van der Waals surface area contributed by atoms with E-state index in [-0.39, 0.29) is 12.1 Å². The molecule has 0 bridgehead atoms. The topological polar surface area (TPSA) is 27.7 Å². The summed E-state index contributed by atoms with van der Waals surface area (Å²) in [7, 11) is -2.04. The van der Waals surface area contributed by atoms with Crippen molar-refractivity contribution in [1.82, 2.24) is 0 Å². The average molecular weight is 276 g/mol. The van der Waals surface area contributed by atoms with Crippen molar-refractivity contribution in [2.75, 3.05) is 7.11 Å². The molecule has 0 amide bonds. The van der Waals surface area contributed by atoms with Gasteiger partial charge in [-0.05, 0) is 19.4 Å². The zero-order valence-corrected chi connectivity index (χ0v) is 11.7. The molecule has 0 N–H and O–H groups in total. The predicted molar refractivity (Wildman–Crippen MR) is 66.2 cm³/mol. The summed E-state index contributed by atoms with van der Waals surface area (Å²) in [5, 5.41) is 0. The monoisotopic (exact) mass is 276 g/mol. The van der Waals surface area contributed by atoms with Crippen LogP contribution in [0.1, 0.15) is 19.4 Å². The Hall–Kier alpha value is -0.823. The lowest BCUT2D eigenvalue weighted by Gasteiger charge is -2.29. The first-order chi connectivity index (χ1) is 8.47. The Morgan fingerprint density at radius 2 is 1.72 bits per heavy atom. The highest BCUT2D eigenvalue weighted by atomic mass is 28.4. The third kappa shape index (κ3) is 4.81. The SMILES string of the molecule is CO[Si](Cc1ccccc1)(OC(C)C)OC(F)F. The summed E-state index contributed by atoms with van der Waals surface area (Å²) in [5.74, 6) is 0. The summed E-state index contributed by atoms with van der Waals surface area (Å²) in [6.07, 6.45) is -0.237. The smallest absolute Gasteiger partial charge is 0.377 e. The molecular weight excluding hydrogens is 258 g/mol. The Bertz CT molecular complexity index is 336. The van der Waals surface area contributed by atoms with E-state index in [0.29, 0.717) is 0 Å². The lowest BCUT2D eigenvalue weighted by atomic mass is 10.2. The standard InChI is InChI=1S/C12H18F2O3Si/c1-10(2)16-18(15-3,17-12(13)14)9-11-7-5-4-6-8-11/h4-8,10,12H,9H2,1-3H3. The van der Waals surface area contributed by atoms with E-state index in [2.05, 4.69) is 4.43 Å². The Morgan fingerprint density at radius 1 is 1.11 bits per heavy atom. The maximum Gasteiger partial charge on any atom is 0.509 e. The van der Waals surface area contributed by atoms with Gasteiger partial charge in [0, 0.05) is 19.3 Å². The fourth-order valence-corrected chi connectivity index (χ4v) is 3.90. The molecular formula is C12H18F2O3Si. The first-order valence-corrected chi connectivity index (χ1v) is 7.63. The van der Waals surface area contributed by atoms with Crippen LogP contribution in [0.3, 0.4) is 0 Å². The minimum atomic E-state index is -3.39. The van der Waals surface area contributed by atoms with Crippen LogP contribution in [0.5, 0.6) is 0 Å². The molecule has 0 aliphatic heterocycles. The molecule has 0 aromatic heterocycles. The largest absolute Gasteiger partial charge is 0.509 e. The molecule has 0 heterocycles. The molecule has 1 aromatic carbocycles. The number of hydrogen-bond donors (Lipinski definition) is 0. The molecule has 0 saturated heterocycles. The Morgan fingerprint density at radius 3 is 2.17 bits per heavy atom. The Balaban J connectivity index is 2.87. The van der Waals surface area contributed by atoms with Crippen LogP contribution in [-0.2, 0) is 19.3 Å². The molecule has 1 aromatic rings. The van der Waals surface area contributed by atoms with Gasteiger partial charge in [-0.3, -0.25) is 0 Å². The van der Waals surface area contributed by atoms with Crippen molar-refractivity contribution in [3.05, 3.63) is 35.9 Å². The van der Waals surface area contributed by atoms with Gasteiger partial charge < -0.3 is 13.3 Å². The zero-order chi connectivity index (χ0) is 13.6. The van der Waals surface area contributed by atoms with E-state index < -0.39 is 15.4 Å². The van der Waals surface area contributed by atoms with Crippen LogP contribution >= 0.6 is 0 Å². The molecule has 0 aliphatic carbocycles. The molecule has 0 spiro atoms. The normalized spacial score (nSPS) is 15.1. The molecule has 6 heteroatoms. The summed E-state index contributed by atoms with van der Waals surface area (Å²) in [6, 6.07) is 9.42. The van der Waals surface area contributed by atoms with Gasteiger partial charge in [0.15, 0.2) is 0 Å². The first kappa shape index (κ1) is 15.2. The fourth-order valence-electron chi connectivity index (χ4n) is 1.62. The van der Waals surface area contributed by atoms with Crippen molar-refractivity contribution in [2.45, 2.75) is 32.6 Å². The second kappa shape index (κ2) is 6.94. The summed E-state index contributed by atoms with van der Waals surface area (Å²) < 4.78 is 40.4. The molecule has 102 valence electrons. The summed E-state index contributed by atoms with van der Waals surface area (Å²) in [6.45, 7) is 0.625. The molecule has 0 fully saturated rings. The number of halogens is 2. The minimum absolute atomic E-state index is 0.229. The molecule has 18 heavy (non-hydrogen) atoms. The summed E-state index contributed by atoms with van der Waals surface area (Å²) >= 11 is 0. The highest BCUT2D eigenvalue weighted by molar-refractivity contribution is 6.60. The van der Waals surface area contributed by atoms with Crippen molar-refractivity contribution >= 4 is 8.80 Å². The van der Waals surface area contributed by atoms with Crippen LogP contribution in [0, 0.1) is 0 Å². The third-order valence-electron chi connectivity index (χ3n) is 2.26. The maximum atomic E-state index is 12.5. The van der Waals surface area contributed by atoms with E-state index in [0.717, 1.165) is 5.56 Å². The number of rotatable bonds is 7. The molecule has 1 rings (SSSR count). The maximum absolute atomic E-state index is 12.5. The van der Waals surface area contributed by atoms with Crippen molar-refractivity contribution in [2.24, 2.45) is 0 Å². The quantitative estimate of drug-likeness (QED) is 0.716. The van der Waals surface area contributed by atoms with Crippen LogP contribution in [-0.4, -0.2) is 28.6 Å². The summed E-state index contributed by atoms with van der Waals surface area (Å²) in [5.41, 5.74) is 0.854. The number of hydrogen-bond acceptors (Lipinski definition) is 3. The van der Waals surface area contributed by atoms with Gasteiger partial charge in [0.1, 0.15) is 0 Å². The molecule has 0 radical (unpaired) electrons. The van der Waals surface area contributed by atoms with Crippen molar-refractivity contribution < 1.29 is 22.1 Å². The van der Waals surface area contributed by atoms with E-state index in [9.17, 15) is 8.78 Å². The van der Waals surface area contributed by atoms with Crippen LogP contribution < -0.4 is 0 Å². The number of benzene rings is 1. The van der Waals surface area contributed by atoms with Gasteiger partial charge in [0.05, 0.1) is 0 Å². The minimum Gasteiger partial charge on any atom is -0.377 e. The Kier molecular flexibility index (Phi) is 5.87. The van der Waals surface area contributed by atoms with E-state index in [1.54, 1.807) is 13.8 Å². The highest BCUT2D eigenvalue weighted by Gasteiger charge is 2.44. The van der Waals surface area contributed by atoms with E-state index in [1.165, 1.54) is 7.11 Å². The Labute approximate surface area is 107 Å². The lowest BCUT2D eigenvalue weighted by molar-refractivity contribution is -0.105. The van der Waals surface area contributed by atoms with Gasteiger partial charge in [-0.15, -0.1) is 0 Å². The molecule has 1 atom stereocenters. The predicted octanol–water partition coefficient (Wildman–Crippen LogP) is 3.02. The van der Waals surface area contributed by atoms with Gasteiger partial charge in [0.2, 0.25) is 0 Å². The van der Waals surface area contributed by atoms with Crippen molar-refractivity contribution in [1.29, 1.82) is 0 Å². The summed E-state index contributed by atoms with van der Waals surface area (Å²) in [4.78, 5) is 0. The number of alkyl halides is 2. The van der Waals surface area contributed by atoms with Crippen molar-refractivity contribution in [3.8, 4) is 0 Å². The van der Waals surface area contributed by atoms with Crippen LogP contribution in [0.4, 0.5) is 8.78 Å². The van der Waals surface area contributed by atoms with Crippen LogP contribution in [0.25, 0.3) is 0 Å². The van der Waals surface area contributed by atoms with E-state index in [4.69, 9.17) is 8.85 Å². The zero-order valence-electron chi connectivity index (χ0n) is 10.7. The molecule has 0 aliphatic rings. The van der Waals surface area contributed by atoms with Crippen molar-refractivity contribution in [3.63, 3.8) is 0 Å². The second-order valence-corrected chi connectivity index (χ2v) is 6.69. The van der Waals surface area contributed by atoms with Crippen LogP contribution in [0.2, 0.25) is 0 Å². The molecule has 1 unspecified atom stereocenters. The van der Waals surface area contributed by atoms with Gasteiger partial charge in [0.25, 0.3) is 0 Å². The molecule has 0 saturated carbocycles. The van der Waals surface area contributed by atoms with E-state index >= 15 is 0 Å².